The van der Waals surface area contributed by atoms with Crippen LogP contribution in [0.5, 0.6) is 11.5 Å². The van der Waals surface area contributed by atoms with Crippen LogP contribution in [0.15, 0.2) is 28.8 Å². The van der Waals surface area contributed by atoms with Gasteiger partial charge in [0.05, 0.1) is 13.2 Å². The van der Waals surface area contributed by atoms with Gasteiger partial charge in [0.2, 0.25) is 5.89 Å². The SMILES string of the molecule is CCCCc1nc(CN2CCC(Oc3ccccc3OCC)CC2)no1. The van der Waals surface area contributed by atoms with Crippen LogP contribution in [0.4, 0.5) is 0 Å². The lowest BCUT2D eigenvalue weighted by molar-refractivity contribution is 0.0919. The Labute approximate surface area is 155 Å². The lowest BCUT2D eigenvalue weighted by Crippen LogP contribution is -2.38. The molecule has 3 rings (SSSR count). The molecule has 0 saturated carbocycles. The van der Waals surface area contributed by atoms with Gasteiger partial charge in [-0.2, -0.15) is 4.98 Å². The summed E-state index contributed by atoms with van der Waals surface area (Å²) in [5, 5.41) is 4.11. The van der Waals surface area contributed by atoms with E-state index in [2.05, 4.69) is 22.0 Å². The molecule has 2 heterocycles. The molecule has 0 unspecified atom stereocenters. The smallest absolute Gasteiger partial charge is 0.226 e. The van der Waals surface area contributed by atoms with Crippen LogP contribution in [-0.4, -0.2) is 40.8 Å². The average molecular weight is 359 g/mol. The monoisotopic (exact) mass is 359 g/mol. The number of likely N-dealkylation sites (tertiary alicyclic amines) is 1. The predicted octanol–water partition coefficient (Wildman–Crippen LogP) is 3.85. The Balaban J connectivity index is 1.46. The fourth-order valence-electron chi connectivity index (χ4n) is 3.17. The van der Waals surface area contributed by atoms with E-state index in [0.29, 0.717) is 6.61 Å². The maximum Gasteiger partial charge on any atom is 0.226 e. The highest BCUT2D eigenvalue weighted by Gasteiger charge is 2.23. The summed E-state index contributed by atoms with van der Waals surface area (Å²) in [5.41, 5.74) is 0. The van der Waals surface area contributed by atoms with E-state index in [-0.39, 0.29) is 6.10 Å². The minimum absolute atomic E-state index is 0.221. The van der Waals surface area contributed by atoms with Gasteiger partial charge in [0.25, 0.3) is 0 Å². The van der Waals surface area contributed by atoms with Crippen LogP contribution in [0.3, 0.4) is 0 Å². The molecule has 142 valence electrons. The summed E-state index contributed by atoms with van der Waals surface area (Å²) >= 11 is 0. The maximum atomic E-state index is 6.18. The van der Waals surface area contributed by atoms with Crippen molar-refractivity contribution in [3.8, 4) is 11.5 Å². The minimum atomic E-state index is 0.221. The number of unbranched alkanes of at least 4 members (excludes halogenated alkanes) is 1. The number of nitrogens with zero attached hydrogens (tertiary/aromatic N) is 3. The number of piperidine rings is 1. The van der Waals surface area contributed by atoms with E-state index < -0.39 is 0 Å². The molecule has 1 fully saturated rings. The van der Waals surface area contributed by atoms with Gasteiger partial charge in [-0.15, -0.1) is 0 Å². The Morgan fingerprint density at radius 2 is 1.92 bits per heavy atom. The van der Waals surface area contributed by atoms with Crippen molar-refractivity contribution in [2.75, 3.05) is 19.7 Å². The number of hydrogen-bond acceptors (Lipinski definition) is 6. The van der Waals surface area contributed by atoms with Gasteiger partial charge >= 0.3 is 0 Å². The van der Waals surface area contributed by atoms with Crippen molar-refractivity contribution in [3.05, 3.63) is 36.0 Å². The molecule has 0 amide bonds. The molecule has 0 radical (unpaired) electrons. The Kier molecular flexibility index (Phi) is 6.89. The molecule has 1 aromatic carbocycles. The summed E-state index contributed by atoms with van der Waals surface area (Å²) < 4.78 is 17.1. The van der Waals surface area contributed by atoms with Crippen molar-refractivity contribution in [3.63, 3.8) is 0 Å². The Morgan fingerprint density at radius 1 is 1.15 bits per heavy atom. The third kappa shape index (κ3) is 5.21. The van der Waals surface area contributed by atoms with Crippen molar-refractivity contribution in [1.82, 2.24) is 15.0 Å². The second-order valence-corrected chi connectivity index (χ2v) is 6.68. The van der Waals surface area contributed by atoms with Crippen LogP contribution in [-0.2, 0) is 13.0 Å². The highest BCUT2D eigenvalue weighted by molar-refractivity contribution is 5.39. The Hall–Kier alpha value is -2.08. The number of benzene rings is 1. The fourth-order valence-corrected chi connectivity index (χ4v) is 3.17. The van der Waals surface area contributed by atoms with E-state index in [1.807, 2.05) is 31.2 Å². The normalized spacial score (nSPS) is 15.9. The third-order valence-electron chi connectivity index (χ3n) is 4.60. The van der Waals surface area contributed by atoms with Gasteiger partial charge in [-0.1, -0.05) is 30.6 Å². The molecular weight excluding hydrogens is 330 g/mol. The highest BCUT2D eigenvalue weighted by atomic mass is 16.5. The number of hydrogen-bond donors (Lipinski definition) is 0. The van der Waals surface area contributed by atoms with Gasteiger partial charge in [0, 0.05) is 19.5 Å². The van der Waals surface area contributed by atoms with Crippen molar-refractivity contribution in [1.29, 1.82) is 0 Å². The summed E-state index contributed by atoms with van der Waals surface area (Å²) in [6, 6.07) is 7.90. The number of ether oxygens (including phenoxy) is 2. The molecule has 1 saturated heterocycles. The number of rotatable bonds is 9. The van der Waals surface area contributed by atoms with Gasteiger partial charge in [-0.3, -0.25) is 4.90 Å². The van der Waals surface area contributed by atoms with Gasteiger partial charge in [-0.05, 0) is 38.3 Å². The third-order valence-corrected chi connectivity index (χ3v) is 4.60. The summed E-state index contributed by atoms with van der Waals surface area (Å²) in [7, 11) is 0. The summed E-state index contributed by atoms with van der Waals surface area (Å²) in [6.07, 6.45) is 5.30. The standard InChI is InChI=1S/C20H29N3O3/c1-3-5-10-20-21-19(22-26-20)15-23-13-11-16(12-14-23)25-18-9-7-6-8-17(18)24-4-2/h6-9,16H,3-5,10-15H2,1-2H3. The van der Waals surface area contributed by atoms with E-state index in [0.717, 1.165) is 75.0 Å². The van der Waals surface area contributed by atoms with Gasteiger partial charge < -0.3 is 14.0 Å². The van der Waals surface area contributed by atoms with Gasteiger partial charge in [0.15, 0.2) is 17.3 Å². The van der Waals surface area contributed by atoms with Crippen molar-refractivity contribution in [2.24, 2.45) is 0 Å². The van der Waals surface area contributed by atoms with Crippen LogP contribution in [0.2, 0.25) is 0 Å². The predicted molar refractivity (Wildman–Crippen MR) is 99.4 cm³/mol. The molecule has 0 N–H and O–H groups in total. The molecule has 0 aliphatic carbocycles. The topological polar surface area (TPSA) is 60.6 Å². The Morgan fingerprint density at radius 3 is 2.65 bits per heavy atom. The molecule has 0 atom stereocenters. The van der Waals surface area contributed by atoms with Gasteiger partial charge in [0.1, 0.15) is 6.10 Å². The van der Waals surface area contributed by atoms with E-state index in [1.54, 1.807) is 0 Å². The molecule has 6 nitrogen and oxygen atoms in total. The molecular formula is C20H29N3O3. The van der Waals surface area contributed by atoms with E-state index in [1.165, 1.54) is 0 Å². The average Bonchev–Trinajstić information content (AvgIpc) is 3.11. The van der Waals surface area contributed by atoms with Gasteiger partial charge in [-0.25, -0.2) is 0 Å². The lowest BCUT2D eigenvalue weighted by atomic mass is 10.1. The second kappa shape index (κ2) is 9.57. The number of aromatic nitrogens is 2. The van der Waals surface area contributed by atoms with E-state index in [4.69, 9.17) is 14.0 Å². The molecule has 26 heavy (non-hydrogen) atoms. The van der Waals surface area contributed by atoms with E-state index in [9.17, 15) is 0 Å². The Bertz CT molecular complexity index is 666. The quantitative estimate of drug-likeness (QED) is 0.678. The molecule has 1 aromatic heterocycles. The molecule has 1 aliphatic rings. The van der Waals surface area contributed by atoms with Crippen LogP contribution >= 0.6 is 0 Å². The first kappa shape index (κ1) is 18.7. The molecule has 1 aliphatic heterocycles. The number of aryl methyl sites for hydroxylation is 1. The number of para-hydroxylation sites is 2. The molecule has 0 bridgehead atoms. The van der Waals surface area contributed by atoms with Crippen LogP contribution in [0.1, 0.15) is 51.2 Å². The zero-order valence-corrected chi connectivity index (χ0v) is 15.8. The van der Waals surface area contributed by atoms with Crippen LogP contribution in [0, 0.1) is 0 Å². The first-order valence-corrected chi connectivity index (χ1v) is 9.70. The molecule has 6 heteroatoms. The summed E-state index contributed by atoms with van der Waals surface area (Å²) in [4.78, 5) is 6.86. The lowest BCUT2D eigenvalue weighted by Gasteiger charge is -2.31. The maximum absolute atomic E-state index is 6.18. The second-order valence-electron chi connectivity index (χ2n) is 6.68. The van der Waals surface area contributed by atoms with Crippen molar-refractivity contribution < 1.29 is 14.0 Å². The minimum Gasteiger partial charge on any atom is -0.490 e. The largest absolute Gasteiger partial charge is 0.490 e. The highest BCUT2D eigenvalue weighted by Crippen LogP contribution is 2.29. The summed E-state index contributed by atoms with van der Waals surface area (Å²) in [5.74, 6) is 3.21. The molecule has 2 aromatic rings. The van der Waals surface area contributed by atoms with Crippen LogP contribution in [0.25, 0.3) is 0 Å². The van der Waals surface area contributed by atoms with Crippen LogP contribution < -0.4 is 9.47 Å². The molecule has 0 spiro atoms. The van der Waals surface area contributed by atoms with Crippen molar-refractivity contribution in [2.45, 2.75) is 58.6 Å². The van der Waals surface area contributed by atoms with E-state index >= 15 is 0 Å². The zero-order valence-electron chi connectivity index (χ0n) is 15.8. The summed E-state index contributed by atoms with van der Waals surface area (Å²) in [6.45, 7) is 7.49. The zero-order chi connectivity index (χ0) is 18.2. The first-order chi connectivity index (χ1) is 12.8. The fraction of sp³-hybridized carbons (Fsp3) is 0.600. The first-order valence-electron chi connectivity index (χ1n) is 9.70. The van der Waals surface area contributed by atoms with Crippen molar-refractivity contribution >= 4 is 0 Å².